The average molecular weight is 211 g/mol. The molecule has 1 heterocycles. The van der Waals surface area contributed by atoms with Crippen molar-refractivity contribution in [1.29, 1.82) is 0 Å². The van der Waals surface area contributed by atoms with Crippen molar-refractivity contribution in [2.75, 3.05) is 13.1 Å². The number of nitrogens with zero attached hydrogens (tertiary/aromatic N) is 1. The first-order chi connectivity index (χ1) is 7.11. The Labute approximate surface area is 91.8 Å². The molecular formula is C12H21NO2. The van der Waals surface area contributed by atoms with E-state index in [9.17, 15) is 9.59 Å². The Balaban J connectivity index is 2.26. The molecule has 0 aromatic rings. The Morgan fingerprint density at radius 2 is 1.67 bits per heavy atom. The third-order valence-corrected chi connectivity index (χ3v) is 2.94. The van der Waals surface area contributed by atoms with Gasteiger partial charge >= 0.3 is 0 Å². The van der Waals surface area contributed by atoms with E-state index in [4.69, 9.17) is 0 Å². The maximum Gasteiger partial charge on any atom is 0.223 e. The molecule has 0 radical (unpaired) electrons. The highest BCUT2D eigenvalue weighted by atomic mass is 16.2. The summed E-state index contributed by atoms with van der Waals surface area (Å²) in [6, 6.07) is 0. The van der Waals surface area contributed by atoms with Gasteiger partial charge in [0.05, 0.1) is 0 Å². The van der Waals surface area contributed by atoms with Crippen molar-refractivity contribution >= 4 is 11.7 Å². The van der Waals surface area contributed by atoms with E-state index in [-0.39, 0.29) is 17.6 Å². The second-order valence-corrected chi connectivity index (χ2v) is 4.56. The predicted octanol–water partition coefficient (Wildman–Crippen LogP) is 2.00. The molecule has 3 nitrogen and oxygen atoms in total. The zero-order chi connectivity index (χ0) is 11.3. The van der Waals surface area contributed by atoms with Crippen molar-refractivity contribution < 1.29 is 9.59 Å². The molecule has 15 heavy (non-hydrogen) atoms. The van der Waals surface area contributed by atoms with E-state index in [0.29, 0.717) is 12.8 Å². The van der Waals surface area contributed by atoms with Gasteiger partial charge in [0.1, 0.15) is 5.78 Å². The number of piperidine rings is 1. The maximum atomic E-state index is 11.7. The van der Waals surface area contributed by atoms with Gasteiger partial charge in [-0.25, -0.2) is 0 Å². The van der Waals surface area contributed by atoms with E-state index in [0.717, 1.165) is 25.9 Å². The highest BCUT2D eigenvalue weighted by Gasteiger charge is 2.17. The van der Waals surface area contributed by atoms with Crippen molar-refractivity contribution in [3.8, 4) is 0 Å². The van der Waals surface area contributed by atoms with Gasteiger partial charge in [-0.1, -0.05) is 13.8 Å². The van der Waals surface area contributed by atoms with Crippen LogP contribution in [0.5, 0.6) is 0 Å². The van der Waals surface area contributed by atoms with Crippen molar-refractivity contribution in [3.05, 3.63) is 0 Å². The Morgan fingerprint density at radius 3 is 2.20 bits per heavy atom. The number of carbonyl (C=O) groups is 2. The molecule has 0 saturated carbocycles. The molecule has 86 valence electrons. The van der Waals surface area contributed by atoms with Gasteiger partial charge in [-0.15, -0.1) is 0 Å². The summed E-state index contributed by atoms with van der Waals surface area (Å²) in [5.41, 5.74) is 0. The number of Topliss-reactive ketones (excluding diaryl/α,β-unsaturated/α-hetero) is 1. The summed E-state index contributed by atoms with van der Waals surface area (Å²) in [7, 11) is 0. The van der Waals surface area contributed by atoms with E-state index in [2.05, 4.69) is 0 Å². The van der Waals surface area contributed by atoms with Crippen LogP contribution in [0.4, 0.5) is 0 Å². The number of ketones is 1. The van der Waals surface area contributed by atoms with Crippen LogP contribution in [0.1, 0.15) is 46.0 Å². The molecule has 0 bridgehead atoms. The van der Waals surface area contributed by atoms with E-state index < -0.39 is 0 Å². The van der Waals surface area contributed by atoms with E-state index in [1.54, 1.807) is 0 Å². The third kappa shape index (κ3) is 4.02. The molecule has 1 aliphatic heterocycles. The maximum absolute atomic E-state index is 11.7. The monoisotopic (exact) mass is 211 g/mol. The first-order valence-corrected chi connectivity index (χ1v) is 5.91. The fourth-order valence-electron chi connectivity index (χ4n) is 1.82. The van der Waals surface area contributed by atoms with Crippen molar-refractivity contribution in [3.63, 3.8) is 0 Å². The van der Waals surface area contributed by atoms with Gasteiger partial charge in [0.2, 0.25) is 5.91 Å². The number of hydrogen-bond acceptors (Lipinski definition) is 2. The van der Waals surface area contributed by atoms with Crippen LogP contribution < -0.4 is 0 Å². The SMILES string of the molecule is CC(C)C(=O)CCC(=O)N1CCCCC1. The fraction of sp³-hybridized carbons (Fsp3) is 0.833. The summed E-state index contributed by atoms with van der Waals surface area (Å²) in [6.07, 6.45) is 4.27. The molecule has 1 amide bonds. The zero-order valence-electron chi connectivity index (χ0n) is 9.79. The number of likely N-dealkylation sites (tertiary alicyclic amines) is 1. The van der Waals surface area contributed by atoms with E-state index >= 15 is 0 Å². The lowest BCUT2D eigenvalue weighted by atomic mass is 10.0. The lowest BCUT2D eigenvalue weighted by molar-refractivity contribution is -0.134. The predicted molar refractivity (Wildman–Crippen MR) is 59.5 cm³/mol. The van der Waals surface area contributed by atoms with Crippen LogP contribution in [0, 0.1) is 5.92 Å². The van der Waals surface area contributed by atoms with Gasteiger partial charge in [0, 0.05) is 31.8 Å². The summed E-state index contributed by atoms with van der Waals surface area (Å²) < 4.78 is 0. The van der Waals surface area contributed by atoms with E-state index in [1.165, 1.54) is 6.42 Å². The van der Waals surface area contributed by atoms with Crippen LogP contribution in [0.2, 0.25) is 0 Å². The number of hydrogen-bond donors (Lipinski definition) is 0. The van der Waals surface area contributed by atoms with E-state index in [1.807, 2.05) is 18.7 Å². The number of carbonyl (C=O) groups excluding carboxylic acids is 2. The third-order valence-electron chi connectivity index (χ3n) is 2.94. The molecule has 0 aromatic carbocycles. The number of amides is 1. The van der Waals surface area contributed by atoms with Gasteiger partial charge < -0.3 is 4.90 Å². The van der Waals surface area contributed by atoms with Crippen LogP contribution in [0.25, 0.3) is 0 Å². The minimum Gasteiger partial charge on any atom is -0.343 e. The molecule has 1 fully saturated rings. The highest BCUT2D eigenvalue weighted by molar-refractivity contribution is 5.86. The zero-order valence-corrected chi connectivity index (χ0v) is 9.79. The van der Waals surface area contributed by atoms with Gasteiger partial charge in [-0.2, -0.15) is 0 Å². The minimum absolute atomic E-state index is 0.0548. The normalized spacial score (nSPS) is 16.9. The standard InChI is InChI=1S/C12H21NO2/c1-10(2)11(14)6-7-12(15)13-8-4-3-5-9-13/h10H,3-9H2,1-2H3. The topological polar surface area (TPSA) is 37.4 Å². The highest BCUT2D eigenvalue weighted by Crippen LogP contribution is 2.11. The van der Waals surface area contributed by atoms with Crippen LogP contribution in [0.15, 0.2) is 0 Å². The molecule has 0 aliphatic carbocycles. The summed E-state index contributed by atoms with van der Waals surface area (Å²) in [5.74, 6) is 0.406. The van der Waals surface area contributed by atoms with Crippen LogP contribution >= 0.6 is 0 Å². The lowest BCUT2D eigenvalue weighted by Gasteiger charge is -2.26. The smallest absolute Gasteiger partial charge is 0.223 e. The molecule has 1 saturated heterocycles. The fourth-order valence-corrected chi connectivity index (χ4v) is 1.82. The molecule has 0 spiro atoms. The van der Waals surface area contributed by atoms with Gasteiger partial charge in [-0.05, 0) is 19.3 Å². The molecule has 3 heteroatoms. The molecule has 0 N–H and O–H groups in total. The summed E-state index contributed by atoms with van der Waals surface area (Å²) in [5, 5.41) is 0. The second-order valence-electron chi connectivity index (χ2n) is 4.56. The summed E-state index contributed by atoms with van der Waals surface area (Å²) in [6.45, 7) is 5.53. The molecular weight excluding hydrogens is 190 g/mol. The molecule has 1 rings (SSSR count). The first kappa shape index (κ1) is 12.2. The number of rotatable bonds is 4. The van der Waals surface area contributed by atoms with Crippen molar-refractivity contribution in [1.82, 2.24) is 4.90 Å². The van der Waals surface area contributed by atoms with Gasteiger partial charge in [0.15, 0.2) is 0 Å². The minimum atomic E-state index is 0.0548. The summed E-state index contributed by atoms with van der Waals surface area (Å²) >= 11 is 0. The average Bonchev–Trinajstić information content (AvgIpc) is 2.26. The van der Waals surface area contributed by atoms with Crippen LogP contribution in [-0.2, 0) is 9.59 Å². The van der Waals surface area contributed by atoms with Gasteiger partial charge in [-0.3, -0.25) is 9.59 Å². The first-order valence-electron chi connectivity index (χ1n) is 5.91. The largest absolute Gasteiger partial charge is 0.343 e. The van der Waals surface area contributed by atoms with Crippen LogP contribution in [0.3, 0.4) is 0 Å². The molecule has 0 aromatic heterocycles. The Bertz CT molecular complexity index is 230. The molecule has 1 aliphatic rings. The lowest BCUT2D eigenvalue weighted by Crippen LogP contribution is -2.35. The quantitative estimate of drug-likeness (QED) is 0.713. The summed E-state index contributed by atoms with van der Waals surface area (Å²) in [4.78, 5) is 25.0. The van der Waals surface area contributed by atoms with Crippen LogP contribution in [-0.4, -0.2) is 29.7 Å². The van der Waals surface area contributed by atoms with Crippen molar-refractivity contribution in [2.45, 2.75) is 46.0 Å². The Morgan fingerprint density at radius 1 is 1.07 bits per heavy atom. The molecule has 0 atom stereocenters. The van der Waals surface area contributed by atoms with Crippen molar-refractivity contribution in [2.24, 2.45) is 5.92 Å². The molecule has 0 unspecified atom stereocenters. The Kier molecular flexibility index (Phi) is 4.79. The second kappa shape index (κ2) is 5.89. The Hall–Kier alpha value is -0.860. The van der Waals surface area contributed by atoms with Gasteiger partial charge in [0.25, 0.3) is 0 Å².